The van der Waals surface area contributed by atoms with Gasteiger partial charge >= 0.3 is 5.91 Å². The highest BCUT2D eigenvalue weighted by Gasteiger charge is 2.48. The molecule has 10 heteroatoms. The van der Waals surface area contributed by atoms with E-state index < -0.39 is 17.7 Å². The van der Waals surface area contributed by atoms with Crippen LogP contribution in [0.4, 0.5) is 5.13 Å². The number of anilines is 1. The van der Waals surface area contributed by atoms with Crippen LogP contribution in [0.3, 0.4) is 0 Å². The van der Waals surface area contributed by atoms with Gasteiger partial charge in [0, 0.05) is 5.56 Å². The van der Waals surface area contributed by atoms with Gasteiger partial charge in [-0.1, -0.05) is 29.5 Å². The summed E-state index contributed by atoms with van der Waals surface area (Å²) >= 11 is 1.26. The maximum absolute atomic E-state index is 13.7. The molecule has 41 heavy (non-hydrogen) atoms. The van der Waals surface area contributed by atoms with Crippen molar-refractivity contribution in [3.05, 3.63) is 77.4 Å². The fraction of sp³-hybridized carbons (Fsp3) is 0.258. The van der Waals surface area contributed by atoms with Crippen molar-refractivity contribution >= 4 is 44.1 Å². The molecular weight excluding hydrogens is 544 g/mol. The van der Waals surface area contributed by atoms with E-state index >= 15 is 0 Å². The van der Waals surface area contributed by atoms with E-state index in [0.29, 0.717) is 64.6 Å². The van der Waals surface area contributed by atoms with E-state index in [2.05, 4.69) is 4.98 Å². The van der Waals surface area contributed by atoms with Crippen molar-refractivity contribution in [2.75, 3.05) is 31.8 Å². The molecule has 3 aromatic carbocycles. The van der Waals surface area contributed by atoms with E-state index in [1.807, 2.05) is 39.0 Å². The number of methoxy groups -OCH3 is 1. The normalized spacial score (nSPS) is 16.3. The average molecular weight is 575 g/mol. The molecule has 0 bridgehead atoms. The zero-order valence-corrected chi connectivity index (χ0v) is 24.0. The van der Waals surface area contributed by atoms with Crippen molar-refractivity contribution in [3.8, 4) is 23.0 Å². The molecule has 0 saturated carbocycles. The number of hydrogen-bond acceptors (Lipinski definition) is 9. The minimum Gasteiger partial charge on any atom is -0.507 e. The lowest BCUT2D eigenvalue weighted by atomic mass is 9.95. The van der Waals surface area contributed by atoms with Gasteiger partial charge in [-0.25, -0.2) is 4.98 Å². The Labute approximate surface area is 241 Å². The standard InChI is InChI=1S/C31H30N2O7S/c1-5-38-20-10-8-9-19(15-20)28(34)26-27(18-11-14-23(40-7-3)24(16-18)37-4)33(30(36)29(26)35)31-32-22-13-12-21(39-6-2)17-25(22)41-31/h8-17,27,34H,5-7H2,1-4H3. The first-order valence-electron chi connectivity index (χ1n) is 13.3. The molecule has 2 heterocycles. The maximum Gasteiger partial charge on any atom is 0.301 e. The summed E-state index contributed by atoms with van der Waals surface area (Å²) < 4.78 is 23.3. The third-order valence-corrected chi connectivity index (χ3v) is 7.55. The van der Waals surface area contributed by atoms with Crippen molar-refractivity contribution < 1.29 is 33.6 Å². The summed E-state index contributed by atoms with van der Waals surface area (Å²) in [5.41, 5.74) is 1.48. The summed E-state index contributed by atoms with van der Waals surface area (Å²) in [6.45, 7) is 6.99. The number of ether oxygens (including phenoxy) is 4. The summed E-state index contributed by atoms with van der Waals surface area (Å²) in [5.74, 6) is 0.221. The molecule has 1 atom stereocenters. The van der Waals surface area contributed by atoms with Crippen LogP contribution in [0.5, 0.6) is 23.0 Å². The SMILES string of the molecule is CCOc1cccc(C(O)=C2C(=O)C(=O)N(c3nc4ccc(OCC)cc4s3)C2c2ccc(OCC)c(OC)c2)c1. The molecule has 1 saturated heterocycles. The van der Waals surface area contributed by atoms with Crippen molar-refractivity contribution in [1.82, 2.24) is 4.98 Å². The number of hydrogen-bond donors (Lipinski definition) is 1. The van der Waals surface area contributed by atoms with Gasteiger partial charge in [-0.15, -0.1) is 0 Å². The Kier molecular flexibility index (Phi) is 8.11. The predicted octanol–water partition coefficient (Wildman–Crippen LogP) is 6.13. The number of aliphatic hydroxyl groups excluding tert-OH is 1. The van der Waals surface area contributed by atoms with E-state index in [9.17, 15) is 14.7 Å². The van der Waals surface area contributed by atoms with E-state index in [1.165, 1.54) is 23.3 Å². The number of nitrogens with zero attached hydrogens (tertiary/aromatic N) is 2. The van der Waals surface area contributed by atoms with Crippen LogP contribution in [0.25, 0.3) is 16.0 Å². The van der Waals surface area contributed by atoms with Gasteiger partial charge in [0.25, 0.3) is 5.78 Å². The second-order valence-corrected chi connectivity index (χ2v) is 10.0. The van der Waals surface area contributed by atoms with Gasteiger partial charge in [0.1, 0.15) is 17.3 Å². The van der Waals surface area contributed by atoms with Crippen LogP contribution in [0, 0.1) is 0 Å². The molecule has 1 N–H and O–H groups in total. The topological polar surface area (TPSA) is 107 Å². The lowest BCUT2D eigenvalue weighted by Crippen LogP contribution is -2.29. The number of ketones is 1. The fourth-order valence-corrected chi connectivity index (χ4v) is 5.80. The van der Waals surface area contributed by atoms with Gasteiger partial charge < -0.3 is 24.1 Å². The molecule has 5 rings (SSSR count). The molecular formula is C31H30N2O7S. The smallest absolute Gasteiger partial charge is 0.301 e. The number of amides is 1. The molecule has 1 aliphatic rings. The Morgan fingerprint density at radius 1 is 0.902 bits per heavy atom. The molecule has 9 nitrogen and oxygen atoms in total. The summed E-state index contributed by atoms with van der Waals surface area (Å²) in [6.07, 6.45) is 0. The van der Waals surface area contributed by atoms with Crippen LogP contribution >= 0.6 is 11.3 Å². The molecule has 1 aromatic heterocycles. The monoisotopic (exact) mass is 574 g/mol. The van der Waals surface area contributed by atoms with Gasteiger partial charge in [-0.05, 0) is 68.8 Å². The summed E-state index contributed by atoms with van der Waals surface area (Å²) in [6, 6.07) is 16.4. The lowest BCUT2D eigenvalue weighted by molar-refractivity contribution is -0.132. The Morgan fingerprint density at radius 3 is 2.34 bits per heavy atom. The molecule has 1 amide bonds. The molecule has 1 aliphatic heterocycles. The highest BCUT2D eigenvalue weighted by molar-refractivity contribution is 7.22. The Hall–Kier alpha value is -4.57. The minimum atomic E-state index is -0.984. The maximum atomic E-state index is 13.7. The number of fused-ring (bicyclic) bond motifs is 1. The van der Waals surface area contributed by atoms with Crippen molar-refractivity contribution in [1.29, 1.82) is 0 Å². The second kappa shape index (κ2) is 11.9. The van der Waals surface area contributed by atoms with Crippen LogP contribution in [-0.2, 0) is 9.59 Å². The van der Waals surface area contributed by atoms with Crippen LogP contribution in [0.1, 0.15) is 37.9 Å². The van der Waals surface area contributed by atoms with E-state index in [0.717, 1.165) is 4.70 Å². The van der Waals surface area contributed by atoms with E-state index in [1.54, 1.807) is 42.5 Å². The number of Topliss-reactive ketones (excluding diaryl/α,β-unsaturated/α-hetero) is 1. The third-order valence-electron chi connectivity index (χ3n) is 6.53. The Morgan fingerprint density at radius 2 is 1.63 bits per heavy atom. The third kappa shape index (κ3) is 5.30. The number of benzene rings is 3. The molecule has 0 spiro atoms. The van der Waals surface area contributed by atoms with Crippen LogP contribution < -0.4 is 23.8 Å². The van der Waals surface area contributed by atoms with Crippen LogP contribution in [0.2, 0.25) is 0 Å². The van der Waals surface area contributed by atoms with Crippen molar-refractivity contribution in [2.45, 2.75) is 26.8 Å². The largest absolute Gasteiger partial charge is 0.507 e. The van der Waals surface area contributed by atoms with Crippen molar-refractivity contribution in [3.63, 3.8) is 0 Å². The van der Waals surface area contributed by atoms with Gasteiger partial charge in [0.15, 0.2) is 16.6 Å². The summed E-state index contributed by atoms with van der Waals surface area (Å²) in [7, 11) is 1.52. The highest BCUT2D eigenvalue weighted by Crippen LogP contribution is 2.46. The molecule has 0 aliphatic carbocycles. The molecule has 0 radical (unpaired) electrons. The highest BCUT2D eigenvalue weighted by atomic mass is 32.1. The Balaban J connectivity index is 1.70. The summed E-state index contributed by atoms with van der Waals surface area (Å²) in [5, 5.41) is 11.8. The number of carbonyl (C=O) groups excluding carboxylic acids is 2. The first-order chi connectivity index (χ1) is 19.9. The number of thiazole rings is 1. The van der Waals surface area contributed by atoms with Crippen molar-refractivity contribution in [2.24, 2.45) is 0 Å². The van der Waals surface area contributed by atoms with Crippen LogP contribution in [-0.4, -0.2) is 48.7 Å². The minimum absolute atomic E-state index is 0.0656. The Bertz CT molecular complexity index is 1640. The van der Waals surface area contributed by atoms with Gasteiger partial charge in [-0.3, -0.25) is 14.5 Å². The van der Waals surface area contributed by atoms with E-state index in [4.69, 9.17) is 18.9 Å². The quantitative estimate of drug-likeness (QED) is 0.137. The second-order valence-electron chi connectivity index (χ2n) is 9.03. The number of carbonyl (C=O) groups is 2. The number of aliphatic hydroxyl groups is 1. The van der Waals surface area contributed by atoms with Crippen LogP contribution in [0.15, 0.2) is 66.2 Å². The summed E-state index contributed by atoms with van der Waals surface area (Å²) in [4.78, 5) is 33.3. The first-order valence-corrected chi connectivity index (χ1v) is 14.1. The molecule has 212 valence electrons. The predicted molar refractivity (Wildman–Crippen MR) is 157 cm³/mol. The van der Waals surface area contributed by atoms with Gasteiger partial charge in [0.05, 0.1) is 48.8 Å². The fourth-order valence-electron chi connectivity index (χ4n) is 4.78. The lowest BCUT2D eigenvalue weighted by Gasteiger charge is -2.24. The average Bonchev–Trinajstić information content (AvgIpc) is 3.51. The number of aromatic nitrogens is 1. The molecule has 4 aromatic rings. The van der Waals surface area contributed by atoms with Gasteiger partial charge in [-0.2, -0.15) is 0 Å². The first kappa shape index (κ1) is 28.0. The molecule has 1 unspecified atom stereocenters. The van der Waals surface area contributed by atoms with Gasteiger partial charge in [0.2, 0.25) is 0 Å². The molecule has 1 fully saturated rings. The zero-order chi connectivity index (χ0) is 29.1. The van der Waals surface area contributed by atoms with E-state index in [-0.39, 0.29) is 11.3 Å². The number of rotatable bonds is 10. The zero-order valence-electron chi connectivity index (χ0n) is 23.2.